The molecule has 0 aliphatic carbocycles. The quantitative estimate of drug-likeness (QED) is 0.918. The van der Waals surface area contributed by atoms with Crippen LogP contribution in [-0.4, -0.2) is 16.5 Å². The van der Waals surface area contributed by atoms with E-state index in [9.17, 15) is 0 Å². The van der Waals surface area contributed by atoms with Crippen molar-refractivity contribution >= 4 is 21.7 Å². The number of hydrogen-bond acceptors (Lipinski definition) is 3. The van der Waals surface area contributed by atoms with E-state index in [1.54, 1.807) is 0 Å². The lowest BCUT2D eigenvalue weighted by molar-refractivity contribution is 1.06. The van der Waals surface area contributed by atoms with Crippen molar-refractivity contribution in [2.24, 2.45) is 0 Å². The molecule has 2 rings (SSSR count). The highest BCUT2D eigenvalue weighted by atomic mass is 79.9. The molecule has 1 N–H and O–H groups in total. The van der Waals surface area contributed by atoms with Gasteiger partial charge in [-0.05, 0) is 49.2 Å². The molecular weight excluding hydrogens is 302 g/mol. The van der Waals surface area contributed by atoms with Crippen LogP contribution in [0.1, 0.15) is 23.7 Å². The smallest absolute Gasteiger partial charge is 0.162 e. The normalized spacial score (nSPS) is 10.6. The van der Waals surface area contributed by atoms with Gasteiger partial charge in [0.2, 0.25) is 0 Å². The molecule has 0 saturated heterocycles. The first kappa shape index (κ1) is 14.0. The van der Waals surface area contributed by atoms with Gasteiger partial charge in [-0.25, -0.2) is 9.97 Å². The monoisotopic (exact) mass is 319 g/mol. The molecule has 1 heterocycles. The zero-order valence-corrected chi connectivity index (χ0v) is 13.3. The molecule has 2 aromatic rings. The van der Waals surface area contributed by atoms with Gasteiger partial charge in [0.25, 0.3) is 0 Å². The van der Waals surface area contributed by atoms with Crippen LogP contribution >= 0.6 is 15.9 Å². The van der Waals surface area contributed by atoms with Crippen LogP contribution in [0.4, 0.5) is 5.82 Å². The predicted octanol–water partition coefficient (Wildman–Crippen LogP) is 4.26. The lowest BCUT2D eigenvalue weighted by Gasteiger charge is -2.11. The van der Waals surface area contributed by atoms with Gasteiger partial charge in [-0.15, -0.1) is 0 Å². The van der Waals surface area contributed by atoms with Crippen LogP contribution in [0.3, 0.4) is 0 Å². The molecule has 19 heavy (non-hydrogen) atoms. The van der Waals surface area contributed by atoms with Gasteiger partial charge < -0.3 is 5.32 Å². The molecule has 3 nitrogen and oxygen atoms in total. The highest BCUT2D eigenvalue weighted by Gasteiger charge is 2.11. The number of rotatable bonds is 3. The molecule has 0 atom stereocenters. The van der Waals surface area contributed by atoms with Crippen LogP contribution in [0, 0.1) is 20.8 Å². The van der Waals surface area contributed by atoms with Crippen LogP contribution in [0.25, 0.3) is 11.4 Å². The molecule has 0 amide bonds. The second kappa shape index (κ2) is 5.70. The summed E-state index contributed by atoms with van der Waals surface area (Å²) in [5.74, 6) is 1.62. The number of anilines is 1. The summed E-state index contributed by atoms with van der Waals surface area (Å²) in [5, 5.41) is 3.26. The van der Waals surface area contributed by atoms with Gasteiger partial charge >= 0.3 is 0 Å². The van der Waals surface area contributed by atoms with Crippen LogP contribution in [0.5, 0.6) is 0 Å². The standard InChI is InChI=1S/C15H18BrN3/c1-5-17-15-13(16)11(4)18-14(19-15)12-7-6-9(2)8-10(12)3/h6-8H,5H2,1-4H3,(H,17,18,19). The molecular formula is C15H18BrN3. The number of nitrogens with one attached hydrogen (secondary N) is 1. The first-order valence-electron chi connectivity index (χ1n) is 6.38. The van der Waals surface area contributed by atoms with E-state index in [2.05, 4.69) is 70.2 Å². The van der Waals surface area contributed by atoms with Gasteiger partial charge in [0, 0.05) is 12.1 Å². The van der Waals surface area contributed by atoms with Crippen LogP contribution in [0.2, 0.25) is 0 Å². The summed E-state index contributed by atoms with van der Waals surface area (Å²) in [5.41, 5.74) is 4.48. The predicted molar refractivity (Wildman–Crippen MR) is 83.5 cm³/mol. The molecule has 0 fully saturated rings. The molecule has 0 saturated carbocycles. The summed E-state index contributed by atoms with van der Waals surface area (Å²) in [4.78, 5) is 9.19. The molecule has 100 valence electrons. The molecule has 0 unspecified atom stereocenters. The Hall–Kier alpha value is -1.42. The highest BCUT2D eigenvalue weighted by molar-refractivity contribution is 9.10. The van der Waals surface area contributed by atoms with Crippen LogP contribution < -0.4 is 5.32 Å². The van der Waals surface area contributed by atoms with Gasteiger partial charge in [0.05, 0.1) is 10.2 Å². The van der Waals surface area contributed by atoms with E-state index in [-0.39, 0.29) is 0 Å². The van der Waals surface area contributed by atoms with Crippen molar-refractivity contribution in [3.63, 3.8) is 0 Å². The van der Waals surface area contributed by atoms with Crippen molar-refractivity contribution in [3.8, 4) is 11.4 Å². The molecule has 0 radical (unpaired) electrons. The Morgan fingerprint density at radius 3 is 2.53 bits per heavy atom. The average molecular weight is 320 g/mol. The Morgan fingerprint density at radius 1 is 1.16 bits per heavy atom. The Bertz CT molecular complexity index is 609. The second-order valence-corrected chi connectivity index (χ2v) is 5.44. The number of hydrogen-bond donors (Lipinski definition) is 1. The van der Waals surface area contributed by atoms with Crippen LogP contribution in [-0.2, 0) is 0 Å². The maximum atomic E-state index is 4.61. The summed E-state index contributed by atoms with van der Waals surface area (Å²) in [6, 6.07) is 6.34. The molecule has 0 aliphatic rings. The fraction of sp³-hybridized carbons (Fsp3) is 0.333. The first-order valence-corrected chi connectivity index (χ1v) is 7.18. The van der Waals surface area contributed by atoms with Gasteiger partial charge in [-0.2, -0.15) is 0 Å². The zero-order chi connectivity index (χ0) is 14.0. The van der Waals surface area contributed by atoms with E-state index >= 15 is 0 Å². The largest absolute Gasteiger partial charge is 0.369 e. The van der Waals surface area contributed by atoms with Gasteiger partial charge in [0.15, 0.2) is 5.82 Å². The molecule has 0 spiro atoms. The van der Waals surface area contributed by atoms with Crippen molar-refractivity contribution in [2.75, 3.05) is 11.9 Å². The van der Waals surface area contributed by atoms with E-state index in [4.69, 9.17) is 0 Å². The van der Waals surface area contributed by atoms with E-state index in [1.165, 1.54) is 11.1 Å². The van der Waals surface area contributed by atoms with Gasteiger partial charge in [0.1, 0.15) is 5.82 Å². The molecule has 4 heteroatoms. The summed E-state index contributed by atoms with van der Waals surface area (Å²) >= 11 is 3.53. The topological polar surface area (TPSA) is 37.8 Å². The van der Waals surface area contributed by atoms with E-state index in [0.717, 1.165) is 33.9 Å². The molecule has 1 aromatic heterocycles. The Balaban J connectivity index is 2.56. The highest BCUT2D eigenvalue weighted by Crippen LogP contribution is 2.28. The Labute approximate surface area is 122 Å². The van der Waals surface area contributed by atoms with Gasteiger partial charge in [-0.1, -0.05) is 23.8 Å². The minimum absolute atomic E-state index is 0.772. The first-order chi connectivity index (χ1) is 9.02. The van der Waals surface area contributed by atoms with Crippen LogP contribution in [0.15, 0.2) is 22.7 Å². The maximum absolute atomic E-state index is 4.61. The second-order valence-electron chi connectivity index (χ2n) is 4.64. The zero-order valence-electron chi connectivity index (χ0n) is 11.7. The number of aryl methyl sites for hydroxylation is 3. The Morgan fingerprint density at radius 2 is 1.89 bits per heavy atom. The van der Waals surface area contributed by atoms with Crippen molar-refractivity contribution < 1.29 is 0 Å². The molecule has 1 aromatic carbocycles. The fourth-order valence-electron chi connectivity index (χ4n) is 2.03. The number of nitrogens with zero attached hydrogens (tertiary/aromatic N) is 2. The third-order valence-corrected chi connectivity index (χ3v) is 3.93. The summed E-state index contributed by atoms with van der Waals surface area (Å²) in [6.07, 6.45) is 0. The number of halogens is 1. The van der Waals surface area contributed by atoms with E-state index in [1.807, 2.05) is 6.92 Å². The van der Waals surface area contributed by atoms with Crippen molar-refractivity contribution in [2.45, 2.75) is 27.7 Å². The maximum Gasteiger partial charge on any atom is 0.162 e. The van der Waals surface area contributed by atoms with Crippen molar-refractivity contribution in [1.29, 1.82) is 0 Å². The van der Waals surface area contributed by atoms with Crippen molar-refractivity contribution in [1.82, 2.24) is 9.97 Å². The number of benzene rings is 1. The van der Waals surface area contributed by atoms with Gasteiger partial charge in [-0.3, -0.25) is 0 Å². The lowest BCUT2D eigenvalue weighted by Crippen LogP contribution is -2.05. The Kier molecular flexibility index (Phi) is 4.20. The third kappa shape index (κ3) is 2.95. The third-order valence-electron chi connectivity index (χ3n) is 2.98. The summed E-state index contributed by atoms with van der Waals surface area (Å²) < 4.78 is 0.933. The van der Waals surface area contributed by atoms with Crippen molar-refractivity contribution in [3.05, 3.63) is 39.5 Å². The minimum Gasteiger partial charge on any atom is -0.369 e. The molecule has 0 aliphatic heterocycles. The average Bonchev–Trinajstić information content (AvgIpc) is 2.35. The number of aromatic nitrogens is 2. The minimum atomic E-state index is 0.772. The lowest BCUT2D eigenvalue weighted by atomic mass is 10.1. The summed E-state index contributed by atoms with van der Waals surface area (Å²) in [6.45, 7) is 9.06. The SMILES string of the molecule is CCNc1nc(-c2ccc(C)cc2C)nc(C)c1Br. The van der Waals surface area contributed by atoms with E-state index < -0.39 is 0 Å². The fourth-order valence-corrected chi connectivity index (χ4v) is 2.35. The summed E-state index contributed by atoms with van der Waals surface area (Å²) in [7, 11) is 0. The van der Waals surface area contributed by atoms with E-state index in [0.29, 0.717) is 0 Å². The molecule has 0 bridgehead atoms.